The van der Waals surface area contributed by atoms with E-state index in [0.29, 0.717) is 12.3 Å². The largest absolute Gasteiger partial charge is 0.494 e. The molecule has 3 aromatic rings. The molecule has 0 bridgehead atoms. The minimum absolute atomic E-state index is 0.00259. The van der Waals surface area contributed by atoms with Gasteiger partial charge in [0, 0.05) is 18.2 Å². The first kappa shape index (κ1) is 20.7. The lowest BCUT2D eigenvalue weighted by Gasteiger charge is -2.10. The van der Waals surface area contributed by atoms with Crippen molar-refractivity contribution in [2.45, 2.75) is 18.4 Å². The molecule has 1 heterocycles. The number of rotatable bonds is 8. The zero-order valence-electron chi connectivity index (χ0n) is 15.7. The quantitative estimate of drug-likeness (QED) is 0.608. The zero-order chi connectivity index (χ0) is 20.9. The van der Waals surface area contributed by atoms with Gasteiger partial charge in [-0.05, 0) is 49.4 Å². The maximum Gasteiger partial charge on any atom is 0.266 e. The van der Waals surface area contributed by atoms with Gasteiger partial charge in [-0.1, -0.05) is 12.1 Å². The maximum atomic E-state index is 13.7. The van der Waals surface area contributed by atoms with Crippen molar-refractivity contribution in [2.75, 3.05) is 13.2 Å². The fraction of sp³-hybridized carbons (Fsp3) is 0.200. The van der Waals surface area contributed by atoms with Gasteiger partial charge in [0.2, 0.25) is 10.0 Å². The van der Waals surface area contributed by atoms with E-state index >= 15 is 0 Å². The monoisotopic (exact) mass is 417 g/mol. The number of hydrogen-bond donors (Lipinski definition) is 1. The van der Waals surface area contributed by atoms with Gasteiger partial charge in [0.15, 0.2) is 0 Å². The Balaban J connectivity index is 1.72. The van der Waals surface area contributed by atoms with E-state index in [-0.39, 0.29) is 18.6 Å². The molecule has 0 radical (unpaired) electrons. The highest BCUT2D eigenvalue weighted by Gasteiger charge is 2.17. The summed E-state index contributed by atoms with van der Waals surface area (Å²) in [6, 6.07) is 15.3. The maximum absolute atomic E-state index is 13.7. The second kappa shape index (κ2) is 8.97. The summed E-state index contributed by atoms with van der Waals surface area (Å²) < 4.78 is 47.0. The summed E-state index contributed by atoms with van der Waals surface area (Å²) in [4.78, 5) is 11.6. The van der Waals surface area contributed by atoms with Crippen LogP contribution in [-0.4, -0.2) is 31.3 Å². The highest BCUT2D eigenvalue weighted by Crippen LogP contribution is 2.20. The van der Waals surface area contributed by atoms with Gasteiger partial charge in [0.1, 0.15) is 16.5 Å². The molecule has 0 spiro atoms. The van der Waals surface area contributed by atoms with E-state index in [0.717, 1.165) is 22.1 Å². The molecule has 0 saturated heterocycles. The van der Waals surface area contributed by atoms with Gasteiger partial charge in [-0.3, -0.25) is 4.79 Å². The van der Waals surface area contributed by atoms with Crippen LogP contribution in [0.25, 0.3) is 11.3 Å². The third kappa shape index (κ3) is 5.07. The third-order valence-electron chi connectivity index (χ3n) is 4.07. The van der Waals surface area contributed by atoms with E-state index in [4.69, 9.17) is 4.74 Å². The number of halogens is 1. The number of aromatic nitrogens is 2. The molecule has 0 fully saturated rings. The summed E-state index contributed by atoms with van der Waals surface area (Å²) in [5.41, 5.74) is 0.975. The summed E-state index contributed by atoms with van der Waals surface area (Å²) in [5, 5.41) is 4.28. The van der Waals surface area contributed by atoms with Gasteiger partial charge in [0.05, 0.1) is 18.8 Å². The van der Waals surface area contributed by atoms with E-state index in [1.54, 1.807) is 18.2 Å². The second-order valence-electron chi connectivity index (χ2n) is 6.07. The molecular weight excluding hydrogens is 397 g/mol. The molecule has 1 N–H and O–H groups in total. The van der Waals surface area contributed by atoms with Crippen LogP contribution < -0.4 is 15.0 Å². The van der Waals surface area contributed by atoms with Crippen molar-refractivity contribution in [3.05, 3.63) is 76.8 Å². The summed E-state index contributed by atoms with van der Waals surface area (Å²) >= 11 is 0. The Hall–Kier alpha value is -3.04. The number of sulfonamides is 1. The fourth-order valence-corrected chi connectivity index (χ4v) is 3.78. The van der Waals surface area contributed by atoms with E-state index in [9.17, 15) is 17.6 Å². The molecule has 0 aliphatic carbocycles. The molecule has 0 aliphatic rings. The van der Waals surface area contributed by atoms with E-state index < -0.39 is 20.7 Å². The minimum Gasteiger partial charge on any atom is -0.494 e. The molecule has 0 aliphatic heterocycles. The van der Waals surface area contributed by atoms with Gasteiger partial charge in [-0.2, -0.15) is 5.10 Å². The second-order valence-corrected chi connectivity index (χ2v) is 7.80. The Labute approximate surface area is 167 Å². The van der Waals surface area contributed by atoms with Crippen LogP contribution in [0.1, 0.15) is 6.92 Å². The first-order valence-corrected chi connectivity index (χ1v) is 10.4. The van der Waals surface area contributed by atoms with Gasteiger partial charge in [0.25, 0.3) is 5.56 Å². The SMILES string of the molecule is CCOc1ccc(-c2ccc(=O)n(CCNS(=O)(=O)c3ccccc3F)n2)cc1. The minimum atomic E-state index is -4.03. The Morgan fingerprint density at radius 2 is 1.79 bits per heavy atom. The summed E-state index contributed by atoms with van der Waals surface area (Å²) in [7, 11) is -4.03. The van der Waals surface area contributed by atoms with Crippen molar-refractivity contribution in [2.24, 2.45) is 0 Å². The molecule has 2 aromatic carbocycles. The molecule has 0 atom stereocenters. The average Bonchev–Trinajstić information content (AvgIpc) is 2.70. The summed E-state index contributed by atoms with van der Waals surface area (Å²) in [6.07, 6.45) is 0. The predicted molar refractivity (Wildman–Crippen MR) is 107 cm³/mol. The average molecular weight is 417 g/mol. The zero-order valence-corrected chi connectivity index (χ0v) is 16.5. The van der Waals surface area contributed by atoms with Crippen LogP contribution in [0.4, 0.5) is 4.39 Å². The van der Waals surface area contributed by atoms with Crippen LogP contribution in [0.2, 0.25) is 0 Å². The molecule has 7 nitrogen and oxygen atoms in total. The van der Waals surface area contributed by atoms with Gasteiger partial charge in [-0.25, -0.2) is 22.2 Å². The highest BCUT2D eigenvalue weighted by atomic mass is 32.2. The van der Waals surface area contributed by atoms with Crippen molar-refractivity contribution in [1.82, 2.24) is 14.5 Å². The van der Waals surface area contributed by atoms with Crippen LogP contribution in [0, 0.1) is 5.82 Å². The van der Waals surface area contributed by atoms with E-state index in [1.807, 2.05) is 19.1 Å². The Bertz CT molecular complexity index is 1140. The third-order valence-corrected chi connectivity index (χ3v) is 5.56. The van der Waals surface area contributed by atoms with Crippen molar-refractivity contribution in [3.8, 4) is 17.0 Å². The first-order chi connectivity index (χ1) is 13.9. The summed E-state index contributed by atoms with van der Waals surface area (Å²) in [5.74, 6) is -0.111. The van der Waals surface area contributed by atoms with Crippen LogP contribution in [0.3, 0.4) is 0 Å². The Morgan fingerprint density at radius 3 is 2.48 bits per heavy atom. The van der Waals surface area contributed by atoms with Crippen molar-refractivity contribution in [1.29, 1.82) is 0 Å². The molecule has 0 amide bonds. The lowest BCUT2D eigenvalue weighted by Crippen LogP contribution is -2.32. The van der Waals surface area contributed by atoms with Gasteiger partial charge >= 0.3 is 0 Å². The molecular formula is C20H20FN3O4S. The van der Waals surface area contributed by atoms with Crippen molar-refractivity contribution >= 4 is 10.0 Å². The van der Waals surface area contributed by atoms with Crippen LogP contribution in [0.15, 0.2) is 70.4 Å². The number of benzene rings is 2. The number of ether oxygens (including phenoxy) is 1. The van der Waals surface area contributed by atoms with Crippen molar-refractivity contribution in [3.63, 3.8) is 0 Å². The van der Waals surface area contributed by atoms with E-state index in [2.05, 4.69) is 9.82 Å². The predicted octanol–water partition coefficient (Wildman–Crippen LogP) is 2.43. The number of nitrogens with one attached hydrogen (secondary N) is 1. The number of nitrogens with zero attached hydrogens (tertiary/aromatic N) is 2. The number of hydrogen-bond acceptors (Lipinski definition) is 5. The lowest BCUT2D eigenvalue weighted by atomic mass is 10.1. The first-order valence-electron chi connectivity index (χ1n) is 8.96. The van der Waals surface area contributed by atoms with Gasteiger partial charge < -0.3 is 4.74 Å². The van der Waals surface area contributed by atoms with E-state index in [1.165, 1.54) is 24.3 Å². The topological polar surface area (TPSA) is 90.3 Å². The van der Waals surface area contributed by atoms with Crippen LogP contribution in [0.5, 0.6) is 5.75 Å². The molecule has 1 aromatic heterocycles. The molecule has 9 heteroatoms. The summed E-state index contributed by atoms with van der Waals surface area (Å²) in [6.45, 7) is 2.34. The molecule has 29 heavy (non-hydrogen) atoms. The van der Waals surface area contributed by atoms with Gasteiger partial charge in [-0.15, -0.1) is 0 Å². The highest BCUT2D eigenvalue weighted by molar-refractivity contribution is 7.89. The van der Waals surface area contributed by atoms with Crippen LogP contribution in [-0.2, 0) is 16.6 Å². The smallest absolute Gasteiger partial charge is 0.266 e. The van der Waals surface area contributed by atoms with Crippen molar-refractivity contribution < 1.29 is 17.5 Å². The molecule has 0 saturated carbocycles. The normalized spacial score (nSPS) is 11.4. The Kier molecular flexibility index (Phi) is 6.40. The molecule has 0 unspecified atom stereocenters. The molecule has 152 valence electrons. The Morgan fingerprint density at radius 1 is 1.07 bits per heavy atom. The lowest BCUT2D eigenvalue weighted by molar-refractivity contribution is 0.340. The fourth-order valence-electron chi connectivity index (χ4n) is 2.68. The van der Waals surface area contributed by atoms with Crippen LogP contribution >= 0.6 is 0 Å². The standard InChI is InChI=1S/C20H20FN3O4S/c1-2-28-16-9-7-15(8-10-16)18-11-12-20(25)24(23-18)14-13-22-29(26,27)19-6-4-3-5-17(19)21/h3-12,22H,2,13-14H2,1H3. The molecule has 3 rings (SSSR count).